The number of nitrogens with zero attached hydrogens (tertiary/aromatic N) is 3. The van der Waals surface area contributed by atoms with Gasteiger partial charge in [-0.3, -0.25) is 4.98 Å². The molecule has 0 radical (unpaired) electrons. The molecule has 0 aliphatic carbocycles. The molecule has 3 heterocycles. The summed E-state index contributed by atoms with van der Waals surface area (Å²) >= 11 is 0. The number of hydrogen-bond donors (Lipinski definition) is 1. The summed E-state index contributed by atoms with van der Waals surface area (Å²) in [6, 6.07) is 11.9. The zero-order chi connectivity index (χ0) is 12.1. The monoisotopic (exact) mass is 235 g/mol. The molecule has 4 aromatic rings. The van der Waals surface area contributed by atoms with Crippen LogP contribution in [0.1, 0.15) is 0 Å². The molecule has 0 saturated heterocycles. The van der Waals surface area contributed by atoms with Crippen molar-refractivity contribution in [1.82, 2.24) is 9.38 Å². The van der Waals surface area contributed by atoms with Crippen molar-refractivity contribution < 1.29 is 5.21 Å². The SMILES string of the molecule is O/N=c1\c2nccc3cccc(c32)n2cccc12. The third kappa shape index (κ3) is 0.996. The molecule has 0 saturated carbocycles. The zero-order valence-electron chi connectivity index (χ0n) is 9.41. The van der Waals surface area contributed by atoms with Crippen LogP contribution < -0.4 is 5.36 Å². The van der Waals surface area contributed by atoms with E-state index in [0.29, 0.717) is 5.36 Å². The number of benzene rings is 1. The summed E-state index contributed by atoms with van der Waals surface area (Å²) in [5, 5.41) is 15.3. The van der Waals surface area contributed by atoms with Gasteiger partial charge in [0.25, 0.3) is 0 Å². The second-order valence-electron chi connectivity index (χ2n) is 4.25. The molecule has 1 aromatic carbocycles. The second-order valence-corrected chi connectivity index (χ2v) is 4.25. The molecule has 0 fully saturated rings. The molecular formula is C14H9N3O. The Kier molecular flexibility index (Phi) is 1.67. The van der Waals surface area contributed by atoms with E-state index >= 15 is 0 Å². The normalized spacial score (nSPS) is 13.0. The highest BCUT2D eigenvalue weighted by atomic mass is 16.4. The lowest BCUT2D eigenvalue weighted by atomic mass is 10.1. The number of fused-ring (bicyclic) bond motifs is 2. The number of aromatic nitrogens is 2. The predicted octanol–water partition coefficient (Wildman–Crippen LogP) is 2.37. The standard InChI is InChI=1S/C14H9N3O/c18-16-13-11-5-2-8-17(11)10-4-1-3-9-6-7-15-14(13)12(9)10/h1-8,18H/b16-13-. The molecule has 4 heteroatoms. The van der Waals surface area contributed by atoms with Gasteiger partial charge in [-0.15, -0.1) is 0 Å². The Balaban J connectivity index is 2.55. The fourth-order valence-electron chi connectivity index (χ4n) is 2.60. The number of pyridine rings is 2. The Bertz CT molecular complexity index is 935. The first kappa shape index (κ1) is 9.41. The first-order chi connectivity index (χ1) is 8.90. The molecule has 0 atom stereocenters. The predicted molar refractivity (Wildman–Crippen MR) is 68.7 cm³/mol. The molecule has 0 bridgehead atoms. The van der Waals surface area contributed by atoms with Gasteiger partial charge in [0, 0.05) is 17.8 Å². The van der Waals surface area contributed by atoms with Crippen molar-refractivity contribution in [3.05, 3.63) is 54.1 Å². The summed E-state index contributed by atoms with van der Waals surface area (Å²) in [6.45, 7) is 0. The molecule has 3 aromatic heterocycles. The highest BCUT2D eigenvalue weighted by molar-refractivity contribution is 6.08. The van der Waals surface area contributed by atoms with Crippen molar-refractivity contribution >= 4 is 27.3 Å². The van der Waals surface area contributed by atoms with Gasteiger partial charge in [0.15, 0.2) is 5.36 Å². The maximum Gasteiger partial charge on any atom is 0.152 e. The van der Waals surface area contributed by atoms with Crippen LogP contribution in [0, 0.1) is 0 Å². The van der Waals surface area contributed by atoms with Gasteiger partial charge in [-0.25, -0.2) is 0 Å². The van der Waals surface area contributed by atoms with Gasteiger partial charge in [-0.1, -0.05) is 17.3 Å². The van der Waals surface area contributed by atoms with Gasteiger partial charge in [0.1, 0.15) is 5.52 Å². The van der Waals surface area contributed by atoms with Gasteiger partial charge in [0.2, 0.25) is 0 Å². The summed E-state index contributed by atoms with van der Waals surface area (Å²) in [5.74, 6) is 0. The molecule has 0 aliphatic rings. The van der Waals surface area contributed by atoms with Gasteiger partial charge < -0.3 is 9.61 Å². The van der Waals surface area contributed by atoms with Gasteiger partial charge in [-0.05, 0) is 29.7 Å². The van der Waals surface area contributed by atoms with E-state index in [1.54, 1.807) is 6.20 Å². The highest BCUT2D eigenvalue weighted by Gasteiger charge is 2.10. The molecule has 1 N–H and O–H groups in total. The molecule has 0 spiro atoms. The molecule has 0 unspecified atom stereocenters. The van der Waals surface area contributed by atoms with E-state index in [2.05, 4.69) is 10.1 Å². The number of rotatable bonds is 0. The minimum Gasteiger partial charge on any atom is -0.410 e. The van der Waals surface area contributed by atoms with Crippen molar-refractivity contribution in [1.29, 1.82) is 0 Å². The van der Waals surface area contributed by atoms with Crippen LogP contribution in [0.15, 0.2) is 53.9 Å². The molecule has 86 valence electrons. The van der Waals surface area contributed by atoms with Gasteiger partial charge in [-0.2, -0.15) is 0 Å². The summed E-state index contributed by atoms with van der Waals surface area (Å²) in [6.07, 6.45) is 3.70. The Morgan fingerprint density at radius 3 is 2.83 bits per heavy atom. The minimum absolute atomic E-state index is 0.518. The van der Waals surface area contributed by atoms with Crippen LogP contribution in [0.4, 0.5) is 0 Å². The summed E-state index contributed by atoms with van der Waals surface area (Å²) in [7, 11) is 0. The smallest absolute Gasteiger partial charge is 0.152 e. The fourth-order valence-corrected chi connectivity index (χ4v) is 2.60. The van der Waals surface area contributed by atoms with Crippen LogP contribution in [-0.2, 0) is 0 Å². The highest BCUT2D eigenvalue weighted by Crippen LogP contribution is 2.24. The average molecular weight is 235 g/mol. The van der Waals surface area contributed by atoms with Crippen LogP contribution in [0.25, 0.3) is 27.3 Å². The topological polar surface area (TPSA) is 49.9 Å². The van der Waals surface area contributed by atoms with Crippen LogP contribution in [-0.4, -0.2) is 14.6 Å². The van der Waals surface area contributed by atoms with Crippen LogP contribution in [0.2, 0.25) is 0 Å². The minimum atomic E-state index is 0.518. The third-order valence-corrected chi connectivity index (χ3v) is 3.34. The lowest BCUT2D eigenvalue weighted by Crippen LogP contribution is -2.10. The van der Waals surface area contributed by atoms with E-state index in [4.69, 9.17) is 0 Å². The maximum atomic E-state index is 9.27. The maximum absolute atomic E-state index is 9.27. The second kappa shape index (κ2) is 3.20. The van der Waals surface area contributed by atoms with E-state index in [-0.39, 0.29) is 0 Å². The van der Waals surface area contributed by atoms with E-state index in [9.17, 15) is 5.21 Å². The van der Waals surface area contributed by atoms with Gasteiger partial charge in [0.05, 0.1) is 11.0 Å². The first-order valence-electron chi connectivity index (χ1n) is 5.68. The zero-order valence-corrected chi connectivity index (χ0v) is 9.41. The van der Waals surface area contributed by atoms with E-state index in [0.717, 1.165) is 27.3 Å². The molecule has 0 aliphatic heterocycles. The van der Waals surface area contributed by atoms with E-state index in [1.165, 1.54) is 0 Å². The lowest BCUT2D eigenvalue weighted by Gasteiger charge is -2.07. The van der Waals surface area contributed by atoms with Crippen LogP contribution in [0.5, 0.6) is 0 Å². The van der Waals surface area contributed by atoms with Crippen LogP contribution >= 0.6 is 0 Å². The first-order valence-corrected chi connectivity index (χ1v) is 5.68. The van der Waals surface area contributed by atoms with Crippen molar-refractivity contribution in [2.24, 2.45) is 5.16 Å². The Labute approximate surface area is 102 Å². The largest absolute Gasteiger partial charge is 0.410 e. The molecule has 18 heavy (non-hydrogen) atoms. The van der Waals surface area contributed by atoms with Crippen LogP contribution in [0.3, 0.4) is 0 Å². The fraction of sp³-hybridized carbons (Fsp3) is 0. The Morgan fingerprint density at radius 1 is 1.06 bits per heavy atom. The summed E-state index contributed by atoms with van der Waals surface area (Å²) < 4.78 is 2.02. The average Bonchev–Trinajstić information content (AvgIpc) is 2.89. The summed E-state index contributed by atoms with van der Waals surface area (Å²) in [5.41, 5.74) is 2.66. The third-order valence-electron chi connectivity index (χ3n) is 3.34. The quantitative estimate of drug-likeness (QED) is 0.376. The number of hydrogen-bond acceptors (Lipinski definition) is 3. The Hall–Kier alpha value is -2.62. The summed E-state index contributed by atoms with van der Waals surface area (Å²) in [4.78, 5) is 4.36. The Morgan fingerprint density at radius 2 is 1.94 bits per heavy atom. The van der Waals surface area contributed by atoms with Gasteiger partial charge >= 0.3 is 0 Å². The lowest BCUT2D eigenvalue weighted by molar-refractivity contribution is 0.303. The van der Waals surface area contributed by atoms with Crippen molar-refractivity contribution in [2.45, 2.75) is 0 Å². The van der Waals surface area contributed by atoms with E-state index < -0.39 is 0 Å². The molecular weight excluding hydrogens is 226 g/mol. The van der Waals surface area contributed by atoms with E-state index in [1.807, 2.05) is 47.0 Å². The molecule has 4 nitrogen and oxygen atoms in total. The van der Waals surface area contributed by atoms with Crippen molar-refractivity contribution in [3.8, 4) is 0 Å². The molecule has 4 rings (SSSR count). The molecule has 0 amide bonds. The van der Waals surface area contributed by atoms with Crippen molar-refractivity contribution in [2.75, 3.05) is 0 Å². The van der Waals surface area contributed by atoms with Crippen molar-refractivity contribution in [3.63, 3.8) is 0 Å².